The summed E-state index contributed by atoms with van der Waals surface area (Å²) < 4.78 is 1.45. The van der Waals surface area contributed by atoms with Gasteiger partial charge in [-0.15, -0.1) is 0 Å². The maximum Gasteiger partial charge on any atom is 0.239 e. The molecule has 0 unspecified atom stereocenters. The highest BCUT2D eigenvalue weighted by Gasteiger charge is 2.22. The van der Waals surface area contributed by atoms with Gasteiger partial charge in [-0.1, -0.05) is 31.2 Å². The van der Waals surface area contributed by atoms with Gasteiger partial charge in [0.05, 0.1) is 5.92 Å². The Morgan fingerprint density at radius 2 is 2.05 bits per heavy atom. The molecule has 3 heteroatoms. The fraction of sp³-hybridized carbons (Fsp3) is 0.250. The Bertz CT molecular complexity index is 634. The lowest BCUT2D eigenvalue weighted by Crippen LogP contribution is -2.20. The van der Waals surface area contributed by atoms with Gasteiger partial charge in [0, 0.05) is 6.20 Å². The smallest absolute Gasteiger partial charge is 0.239 e. The highest BCUT2D eigenvalue weighted by atomic mass is 16.2. The summed E-state index contributed by atoms with van der Waals surface area (Å²) in [6, 6.07) is 13.3. The molecule has 0 saturated carbocycles. The van der Waals surface area contributed by atoms with Gasteiger partial charge >= 0.3 is 0 Å². The van der Waals surface area contributed by atoms with Gasteiger partial charge in [-0.2, -0.15) is 5.26 Å². The van der Waals surface area contributed by atoms with Crippen LogP contribution in [0.25, 0.3) is 0 Å². The maximum atomic E-state index is 12.6. The molecular formula is C16H16N2O. The van der Waals surface area contributed by atoms with Crippen molar-refractivity contribution in [1.29, 1.82) is 5.26 Å². The summed E-state index contributed by atoms with van der Waals surface area (Å²) in [6.45, 7) is 4.00. The Hall–Kier alpha value is -2.34. The van der Waals surface area contributed by atoms with Crippen molar-refractivity contribution in [2.24, 2.45) is 0 Å². The van der Waals surface area contributed by atoms with Crippen molar-refractivity contribution < 1.29 is 4.79 Å². The quantitative estimate of drug-likeness (QED) is 0.839. The molecule has 0 N–H and O–H groups in total. The van der Waals surface area contributed by atoms with Crippen molar-refractivity contribution in [1.82, 2.24) is 4.57 Å². The van der Waals surface area contributed by atoms with Crippen LogP contribution in [0.3, 0.4) is 0 Å². The number of benzene rings is 1. The first kappa shape index (κ1) is 13.1. The molecule has 1 heterocycles. The molecule has 1 aromatic heterocycles. The summed E-state index contributed by atoms with van der Waals surface area (Å²) in [5.74, 6) is -0.251. The van der Waals surface area contributed by atoms with Gasteiger partial charge in [0.2, 0.25) is 5.91 Å². The first-order valence-electron chi connectivity index (χ1n) is 6.36. The SMILES string of the molecule is CC[C@H](C(=O)n1cccc1C#N)c1ccccc1C. The normalized spacial score (nSPS) is 11.8. The molecule has 1 aromatic carbocycles. The zero-order chi connectivity index (χ0) is 13.8. The van der Waals surface area contributed by atoms with E-state index in [1.54, 1.807) is 18.3 Å². The Kier molecular flexibility index (Phi) is 3.82. The van der Waals surface area contributed by atoms with E-state index in [1.807, 2.05) is 44.2 Å². The summed E-state index contributed by atoms with van der Waals surface area (Å²) in [4.78, 5) is 12.6. The minimum Gasteiger partial charge on any atom is -0.278 e. The Balaban J connectivity index is 2.42. The fourth-order valence-electron chi connectivity index (χ4n) is 2.34. The zero-order valence-electron chi connectivity index (χ0n) is 11.1. The number of hydrogen-bond donors (Lipinski definition) is 0. The molecule has 1 atom stereocenters. The lowest BCUT2D eigenvalue weighted by Gasteiger charge is -2.17. The molecule has 2 aromatic rings. The Morgan fingerprint density at radius 3 is 2.68 bits per heavy atom. The molecular weight excluding hydrogens is 236 g/mol. The third kappa shape index (κ3) is 2.43. The number of aromatic nitrogens is 1. The zero-order valence-corrected chi connectivity index (χ0v) is 11.1. The molecule has 19 heavy (non-hydrogen) atoms. The number of hydrogen-bond acceptors (Lipinski definition) is 2. The minimum absolute atomic E-state index is 0.0432. The summed E-state index contributed by atoms with van der Waals surface area (Å²) in [5, 5.41) is 9.01. The van der Waals surface area contributed by atoms with Gasteiger partial charge in [0.25, 0.3) is 0 Å². The van der Waals surface area contributed by atoms with Gasteiger partial charge < -0.3 is 0 Å². The molecule has 96 valence electrons. The molecule has 0 fully saturated rings. The molecule has 2 rings (SSSR count). The second-order valence-electron chi connectivity index (χ2n) is 4.53. The summed E-state index contributed by atoms with van der Waals surface area (Å²) in [7, 11) is 0. The number of rotatable bonds is 3. The lowest BCUT2D eigenvalue weighted by atomic mass is 9.92. The van der Waals surface area contributed by atoms with E-state index in [0.717, 1.165) is 11.1 Å². The topological polar surface area (TPSA) is 45.8 Å². The van der Waals surface area contributed by atoms with Crippen LogP contribution in [-0.2, 0) is 0 Å². The van der Waals surface area contributed by atoms with E-state index in [9.17, 15) is 4.79 Å². The van der Waals surface area contributed by atoms with E-state index < -0.39 is 0 Å². The van der Waals surface area contributed by atoms with E-state index in [4.69, 9.17) is 5.26 Å². The van der Waals surface area contributed by atoms with Crippen molar-refractivity contribution in [3.05, 3.63) is 59.4 Å². The summed E-state index contributed by atoms with van der Waals surface area (Å²) in [6.07, 6.45) is 2.37. The number of carbonyl (C=O) groups is 1. The second-order valence-corrected chi connectivity index (χ2v) is 4.53. The van der Waals surface area contributed by atoms with Crippen molar-refractivity contribution in [3.63, 3.8) is 0 Å². The predicted octanol–water partition coefficient (Wildman–Crippen LogP) is 3.50. The van der Waals surface area contributed by atoms with Crippen LogP contribution < -0.4 is 0 Å². The third-order valence-electron chi connectivity index (χ3n) is 3.37. The number of aryl methyl sites for hydroxylation is 1. The standard InChI is InChI=1S/C16H16N2O/c1-3-14(15-9-5-4-7-12(15)2)16(19)18-10-6-8-13(18)11-17/h4-10,14H,3H2,1-2H3/t14-/m0/s1. The van der Waals surface area contributed by atoms with Crippen LogP contribution in [-0.4, -0.2) is 10.5 Å². The second kappa shape index (κ2) is 5.53. The average molecular weight is 252 g/mol. The largest absolute Gasteiger partial charge is 0.278 e. The van der Waals surface area contributed by atoms with Gasteiger partial charge in [-0.05, 0) is 36.6 Å². The monoisotopic (exact) mass is 252 g/mol. The van der Waals surface area contributed by atoms with Crippen LogP contribution in [0.5, 0.6) is 0 Å². The lowest BCUT2D eigenvalue weighted by molar-refractivity contribution is 0.0874. The van der Waals surface area contributed by atoms with Crippen molar-refractivity contribution in [3.8, 4) is 6.07 Å². The van der Waals surface area contributed by atoms with Gasteiger partial charge in [0.15, 0.2) is 0 Å². The predicted molar refractivity (Wildman–Crippen MR) is 74.0 cm³/mol. The van der Waals surface area contributed by atoms with E-state index >= 15 is 0 Å². The molecule has 0 aliphatic rings. The van der Waals surface area contributed by atoms with Crippen LogP contribution in [0, 0.1) is 18.3 Å². The molecule has 0 amide bonds. The first-order chi connectivity index (χ1) is 9.19. The summed E-state index contributed by atoms with van der Waals surface area (Å²) >= 11 is 0. The van der Waals surface area contributed by atoms with Crippen LogP contribution in [0.15, 0.2) is 42.6 Å². The van der Waals surface area contributed by atoms with E-state index in [1.165, 1.54) is 4.57 Å². The minimum atomic E-state index is -0.208. The Morgan fingerprint density at radius 1 is 1.32 bits per heavy atom. The van der Waals surface area contributed by atoms with Gasteiger partial charge in [-0.3, -0.25) is 9.36 Å². The molecule has 0 aliphatic carbocycles. The van der Waals surface area contributed by atoms with Crippen molar-refractivity contribution in [2.45, 2.75) is 26.2 Å². The Labute approximate surface area is 113 Å². The summed E-state index contributed by atoms with van der Waals surface area (Å²) in [5.41, 5.74) is 2.53. The maximum absolute atomic E-state index is 12.6. The van der Waals surface area contributed by atoms with Crippen LogP contribution in [0.4, 0.5) is 0 Å². The van der Waals surface area contributed by atoms with Crippen LogP contribution >= 0.6 is 0 Å². The van der Waals surface area contributed by atoms with Crippen molar-refractivity contribution >= 4 is 5.91 Å². The fourth-order valence-corrected chi connectivity index (χ4v) is 2.34. The van der Waals surface area contributed by atoms with E-state index in [-0.39, 0.29) is 11.8 Å². The highest BCUT2D eigenvalue weighted by Crippen LogP contribution is 2.25. The van der Waals surface area contributed by atoms with Crippen LogP contribution in [0.2, 0.25) is 0 Å². The van der Waals surface area contributed by atoms with Gasteiger partial charge in [-0.25, -0.2) is 0 Å². The van der Waals surface area contributed by atoms with E-state index in [0.29, 0.717) is 12.1 Å². The van der Waals surface area contributed by atoms with Crippen LogP contribution in [0.1, 0.15) is 40.9 Å². The average Bonchev–Trinajstić information content (AvgIpc) is 2.89. The first-order valence-corrected chi connectivity index (χ1v) is 6.36. The van der Waals surface area contributed by atoms with Gasteiger partial charge in [0.1, 0.15) is 11.8 Å². The number of nitriles is 1. The highest BCUT2D eigenvalue weighted by molar-refractivity contribution is 5.87. The third-order valence-corrected chi connectivity index (χ3v) is 3.37. The van der Waals surface area contributed by atoms with E-state index in [2.05, 4.69) is 0 Å². The molecule has 0 radical (unpaired) electrons. The number of carbonyl (C=O) groups excluding carboxylic acids is 1. The molecule has 0 saturated heterocycles. The number of nitrogens with zero attached hydrogens (tertiary/aromatic N) is 2. The molecule has 0 spiro atoms. The molecule has 0 bridgehead atoms. The molecule has 0 aliphatic heterocycles. The van der Waals surface area contributed by atoms with Crippen molar-refractivity contribution in [2.75, 3.05) is 0 Å². The molecule has 3 nitrogen and oxygen atoms in total.